The minimum Gasteiger partial charge on any atom is -0.259 e. The molecule has 3 nitrogen and oxygen atoms in total. The van der Waals surface area contributed by atoms with Crippen LogP contribution in [0.5, 0.6) is 0 Å². The fraction of sp³-hybridized carbons (Fsp3) is 0. The molecule has 0 spiro atoms. The molecule has 0 saturated carbocycles. The molecule has 0 aromatic carbocycles. The zero-order valence-electron chi connectivity index (χ0n) is 5.37. The lowest BCUT2D eigenvalue weighted by Gasteiger charge is -1.88. The SMILES string of the molecule is Sc1cnc2[nH]nc(Cl)c2c1. The van der Waals surface area contributed by atoms with Gasteiger partial charge >= 0.3 is 0 Å². The van der Waals surface area contributed by atoms with Gasteiger partial charge in [0.2, 0.25) is 0 Å². The lowest BCUT2D eigenvalue weighted by atomic mass is 10.4. The third kappa shape index (κ3) is 1.08. The zero-order valence-corrected chi connectivity index (χ0v) is 7.02. The molecule has 2 aromatic rings. The average molecular weight is 186 g/mol. The van der Waals surface area contributed by atoms with E-state index in [4.69, 9.17) is 11.6 Å². The Hall–Kier alpha value is -0.740. The number of fused-ring (bicyclic) bond motifs is 1. The second-order valence-corrected chi connectivity index (χ2v) is 2.98. The summed E-state index contributed by atoms with van der Waals surface area (Å²) in [6.07, 6.45) is 1.64. The minimum atomic E-state index is 0.434. The van der Waals surface area contributed by atoms with E-state index in [1.54, 1.807) is 6.20 Å². The van der Waals surface area contributed by atoms with Crippen molar-refractivity contribution in [3.8, 4) is 0 Å². The van der Waals surface area contributed by atoms with Crippen molar-refractivity contribution in [3.63, 3.8) is 0 Å². The Kier molecular flexibility index (Phi) is 1.51. The van der Waals surface area contributed by atoms with Crippen LogP contribution in [0, 0.1) is 0 Å². The summed E-state index contributed by atoms with van der Waals surface area (Å²) in [5.74, 6) is 0. The Balaban J connectivity index is 2.87. The molecule has 0 unspecified atom stereocenters. The van der Waals surface area contributed by atoms with Crippen molar-refractivity contribution in [3.05, 3.63) is 17.4 Å². The average Bonchev–Trinajstić information content (AvgIpc) is 2.33. The Morgan fingerprint density at radius 2 is 2.36 bits per heavy atom. The van der Waals surface area contributed by atoms with Crippen LogP contribution < -0.4 is 0 Å². The van der Waals surface area contributed by atoms with E-state index in [2.05, 4.69) is 27.8 Å². The maximum absolute atomic E-state index is 5.73. The number of halogens is 1. The smallest absolute Gasteiger partial charge is 0.160 e. The number of H-pyrrole nitrogens is 1. The predicted octanol–water partition coefficient (Wildman–Crippen LogP) is 1.90. The highest BCUT2D eigenvalue weighted by molar-refractivity contribution is 7.80. The number of nitrogens with zero attached hydrogens (tertiary/aromatic N) is 2. The van der Waals surface area contributed by atoms with Crippen LogP contribution in [0.2, 0.25) is 5.15 Å². The molecule has 0 fully saturated rings. The number of rotatable bonds is 0. The Morgan fingerprint density at radius 1 is 1.55 bits per heavy atom. The molecule has 11 heavy (non-hydrogen) atoms. The summed E-state index contributed by atoms with van der Waals surface area (Å²) in [6, 6.07) is 1.82. The first kappa shape index (κ1) is 6.94. The van der Waals surface area contributed by atoms with Crippen molar-refractivity contribution in [1.29, 1.82) is 0 Å². The quantitative estimate of drug-likeness (QED) is 0.616. The largest absolute Gasteiger partial charge is 0.259 e. The summed E-state index contributed by atoms with van der Waals surface area (Å²) >= 11 is 9.85. The summed E-state index contributed by atoms with van der Waals surface area (Å²) in [5.41, 5.74) is 0.688. The first-order valence-corrected chi connectivity index (χ1v) is 3.78. The normalized spacial score (nSPS) is 10.7. The van der Waals surface area contributed by atoms with Crippen LogP contribution in [0.3, 0.4) is 0 Å². The summed E-state index contributed by atoms with van der Waals surface area (Å²) in [7, 11) is 0. The molecule has 5 heteroatoms. The molecule has 2 rings (SSSR count). The van der Waals surface area contributed by atoms with Gasteiger partial charge in [0.1, 0.15) is 0 Å². The molecule has 0 saturated heterocycles. The van der Waals surface area contributed by atoms with E-state index in [0.717, 1.165) is 10.3 Å². The molecule has 2 aromatic heterocycles. The third-order valence-corrected chi connectivity index (χ3v) is 1.89. The molecule has 56 valence electrons. The van der Waals surface area contributed by atoms with Gasteiger partial charge in [0.15, 0.2) is 10.8 Å². The van der Waals surface area contributed by atoms with Gasteiger partial charge in [-0.05, 0) is 6.07 Å². The Bertz CT molecular complexity index is 398. The lowest BCUT2D eigenvalue weighted by molar-refractivity contribution is 1.09. The van der Waals surface area contributed by atoms with E-state index in [0.29, 0.717) is 10.8 Å². The minimum absolute atomic E-state index is 0.434. The highest BCUT2D eigenvalue weighted by atomic mass is 35.5. The molecule has 0 aliphatic rings. The lowest BCUT2D eigenvalue weighted by Crippen LogP contribution is -1.75. The van der Waals surface area contributed by atoms with Gasteiger partial charge in [-0.2, -0.15) is 5.10 Å². The van der Waals surface area contributed by atoms with Gasteiger partial charge in [0, 0.05) is 11.1 Å². The second kappa shape index (κ2) is 2.39. The fourth-order valence-corrected chi connectivity index (χ4v) is 1.24. The zero-order chi connectivity index (χ0) is 7.84. The highest BCUT2D eigenvalue weighted by Crippen LogP contribution is 2.20. The van der Waals surface area contributed by atoms with Gasteiger partial charge in [-0.3, -0.25) is 5.10 Å². The monoisotopic (exact) mass is 185 g/mol. The van der Waals surface area contributed by atoms with Gasteiger partial charge in [-0.15, -0.1) is 12.6 Å². The number of thiol groups is 1. The van der Waals surface area contributed by atoms with E-state index >= 15 is 0 Å². The van der Waals surface area contributed by atoms with Crippen LogP contribution >= 0.6 is 24.2 Å². The number of nitrogens with one attached hydrogen (secondary N) is 1. The van der Waals surface area contributed by atoms with Crippen molar-refractivity contribution in [1.82, 2.24) is 15.2 Å². The number of aromatic amines is 1. The van der Waals surface area contributed by atoms with Crippen molar-refractivity contribution in [2.24, 2.45) is 0 Å². The first-order valence-electron chi connectivity index (χ1n) is 2.96. The summed E-state index contributed by atoms with van der Waals surface area (Å²) in [4.78, 5) is 4.80. The molecular formula is C6H4ClN3S. The molecule has 0 radical (unpaired) electrons. The van der Waals surface area contributed by atoms with Crippen molar-refractivity contribution >= 4 is 35.3 Å². The molecular weight excluding hydrogens is 182 g/mol. The maximum atomic E-state index is 5.73. The van der Waals surface area contributed by atoms with Gasteiger partial charge in [-0.25, -0.2) is 4.98 Å². The van der Waals surface area contributed by atoms with Crippen molar-refractivity contribution < 1.29 is 0 Å². The van der Waals surface area contributed by atoms with E-state index in [9.17, 15) is 0 Å². The fourth-order valence-electron chi connectivity index (χ4n) is 0.862. The van der Waals surface area contributed by atoms with E-state index in [-0.39, 0.29) is 0 Å². The van der Waals surface area contributed by atoms with Gasteiger partial charge in [0.25, 0.3) is 0 Å². The summed E-state index contributed by atoms with van der Waals surface area (Å²) in [6.45, 7) is 0. The van der Waals surface area contributed by atoms with Crippen LogP contribution in [0.1, 0.15) is 0 Å². The topological polar surface area (TPSA) is 41.6 Å². The third-order valence-electron chi connectivity index (χ3n) is 1.36. The summed E-state index contributed by atoms with van der Waals surface area (Å²) < 4.78 is 0. The maximum Gasteiger partial charge on any atom is 0.160 e. The van der Waals surface area contributed by atoms with Gasteiger partial charge in [-0.1, -0.05) is 11.6 Å². The van der Waals surface area contributed by atoms with Crippen LogP contribution in [-0.4, -0.2) is 15.2 Å². The Labute approximate surface area is 73.2 Å². The van der Waals surface area contributed by atoms with E-state index in [1.165, 1.54) is 0 Å². The van der Waals surface area contributed by atoms with Crippen molar-refractivity contribution in [2.75, 3.05) is 0 Å². The predicted molar refractivity (Wildman–Crippen MR) is 46.2 cm³/mol. The number of hydrogen-bond donors (Lipinski definition) is 2. The number of aromatic nitrogens is 3. The van der Waals surface area contributed by atoms with Crippen LogP contribution in [0.4, 0.5) is 0 Å². The number of hydrogen-bond acceptors (Lipinski definition) is 3. The Morgan fingerprint density at radius 3 is 3.18 bits per heavy atom. The van der Waals surface area contributed by atoms with Gasteiger partial charge in [0.05, 0.1) is 5.39 Å². The van der Waals surface area contributed by atoms with Crippen molar-refractivity contribution in [2.45, 2.75) is 4.90 Å². The highest BCUT2D eigenvalue weighted by Gasteiger charge is 2.02. The molecule has 0 aliphatic heterocycles. The molecule has 0 bridgehead atoms. The first-order chi connectivity index (χ1) is 5.27. The summed E-state index contributed by atoms with van der Waals surface area (Å²) in [5, 5.41) is 7.71. The van der Waals surface area contributed by atoms with E-state index < -0.39 is 0 Å². The van der Waals surface area contributed by atoms with Crippen LogP contribution in [-0.2, 0) is 0 Å². The second-order valence-electron chi connectivity index (χ2n) is 2.10. The number of pyridine rings is 1. The van der Waals surface area contributed by atoms with Gasteiger partial charge < -0.3 is 0 Å². The molecule has 0 amide bonds. The molecule has 0 atom stereocenters. The molecule has 0 aliphatic carbocycles. The molecule has 2 heterocycles. The van der Waals surface area contributed by atoms with Crippen LogP contribution in [0.25, 0.3) is 11.0 Å². The molecule has 1 N–H and O–H groups in total. The van der Waals surface area contributed by atoms with E-state index in [1.807, 2.05) is 6.07 Å². The van der Waals surface area contributed by atoms with Crippen LogP contribution in [0.15, 0.2) is 17.2 Å². The standard InChI is InChI=1S/C6H4ClN3S/c7-5-4-1-3(11)2-8-6(4)10-9-5/h1-2,11H,(H,8,9,10).